The molecule has 0 amide bonds. The van der Waals surface area contributed by atoms with Crippen LogP contribution in [0.4, 0.5) is 0 Å². The second-order valence-electron chi connectivity index (χ2n) is 11.6. The van der Waals surface area contributed by atoms with Crippen molar-refractivity contribution in [2.24, 2.45) is 0 Å². The van der Waals surface area contributed by atoms with Gasteiger partial charge in [0.1, 0.15) is 6.61 Å². The Morgan fingerprint density at radius 1 is 0.453 bits per heavy atom. The Hall–Kier alpha value is -1.80. The minimum atomic E-state index is -3.78. The van der Waals surface area contributed by atoms with Crippen molar-refractivity contribution in [1.82, 2.24) is 0 Å². The first-order chi connectivity index (χ1) is 26.0. The number of aryl methyl sites for hydroxylation is 1. The molecule has 0 saturated heterocycles. The van der Waals surface area contributed by atoms with Crippen molar-refractivity contribution in [3.8, 4) is 0 Å². The number of ether oxygens (including phenoxy) is 11. The summed E-state index contributed by atoms with van der Waals surface area (Å²) in [5.74, 6) is -0.155. The van der Waals surface area contributed by atoms with Crippen LogP contribution in [0.25, 0.3) is 0 Å². The second kappa shape index (κ2) is 37.1. The lowest BCUT2D eigenvalue weighted by atomic mass is 10.1. The van der Waals surface area contributed by atoms with Crippen LogP contribution in [0.3, 0.4) is 0 Å². The molecule has 0 unspecified atom stereocenters. The van der Waals surface area contributed by atoms with Gasteiger partial charge in [-0.05, 0) is 25.5 Å². The molecular weight excluding hydrogens is 716 g/mol. The molecule has 0 atom stereocenters. The lowest BCUT2D eigenvalue weighted by Crippen LogP contribution is -2.16. The Morgan fingerprint density at radius 3 is 1.13 bits per heavy atom. The first kappa shape index (κ1) is 49.2. The second-order valence-corrected chi connectivity index (χ2v) is 13.2. The van der Waals surface area contributed by atoms with Gasteiger partial charge in [-0.1, -0.05) is 50.3 Å². The van der Waals surface area contributed by atoms with E-state index < -0.39 is 10.1 Å². The predicted octanol–water partition coefficient (Wildman–Crippen LogP) is 3.77. The van der Waals surface area contributed by atoms with E-state index in [1.807, 2.05) is 6.92 Å². The minimum Gasteiger partial charge on any atom is -0.463 e. The van der Waals surface area contributed by atoms with Crippen LogP contribution < -0.4 is 0 Å². The molecular formula is C37H66O15S. The number of benzene rings is 1. The molecule has 0 radical (unpaired) electrons. The van der Waals surface area contributed by atoms with E-state index in [0.29, 0.717) is 132 Å². The molecule has 0 aromatic heterocycles. The van der Waals surface area contributed by atoms with E-state index in [0.717, 1.165) is 18.4 Å². The maximum atomic E-state index is 12.1. The Balaban J connectivity index is 1.67. The molecule has 0 spiro atoms. The van der Waals surface area contributed by atoms with Gasteiger partial charge in [0.05, 0.1) is 144 Å². The summed E-state index contributed by atoms with van der Waals surface area (Å²) in [6.45, 7) is 12.9. The molecule has 0 bridgehead atoms. The zero-order valence-electron chi connectivity index (χ0n) is 32.1. The van der Waals surface area contributed by atoms with Crippen molar-refractivity contribution in [1.29, 1.82) is 0 Å². The maximum absolute atomic E-state index is 12.1. The van der Waals surface area contributed by atoms with Crippen molar-refractivity contribution in [3.05, 3.63) is 29.8 Å². The van der Waals surface area contributed by atoms with Gasteiger partial charge in [0, 0.05) is 6.42 Å². The van der Waals surface area contributed by atoms with Crippen LogP contribution in [0, 0.1) is 6.92 Å². The van der Waals surface area contributed by atoms with Crippen molar-refractivity contribution >= 4 is 16.1 Å². The molecule has 15 nitrogen and oxygen atoms in total. The Kier molecular flexibility index (Phi) is 34.5. The summed E-state index contributed by atoms with van der Waals surface area (Å²) in [5, 5.41) is 0. The smallest absolute Gasteiger partial charge is 0.305 e. The van der Waals surface area contributed by atoms with Crippen molar-refractivity contribution in [2.75, 3.05) is 145 Å². The maximum Gasteiger partial charge on any atom is 0.305 e. The van der Waals surface area contributed by atoms with Gasteiger partial charge in [0.15, 0.2) is 0 Å². The number of unbranched alkanes of at least 4 members (excludes halogenated alkanes) is 4. The van der Waals surface area contributed by atoms with Crippen LogP contribution in [0.5, 0.6) is 0 Å². The largest absolute Gasteiger partial charge is 0.463 e. The number of hydrogen-bond donors (Lipinski definition) is 0. The van der Waals surface area contributed by atoms with E-state index >= 15 is 0 Å². The van der Waals surface area contributed by atoms with Crippen LogP contribution in [-0.2, 0) is 71.2 Å². The van der Waals surface area contributed by atoms with Gasteiger partial charge in [-0.25, -0.2) is 0 Å². The highest BCUT2D eigenvalue weighted by molar-refractivity contribution is 7.86. The topological polar surface area (TPSA) is 162 Å². The molecule has 0 heterocycles. The summed E-state index contributed by atoms with van der Waals surface area (Å²) in [5.41, 5.74) is 0.973. The normalized spacial score (nSPS) is 11.7. The average Bonchev–Trinajstić information content (AvgIpc) is 3.15. The highest BCUT2D eigenvalue weighted by Crippen LogP contribution is 2.13. The fraction of sp³-hybridized carbons (Fsp3) is 0.811. The number of carbonyl (C=O) groups is 1. The van der Waals surface area contributed by atoms with E-state index in [1.165, 1.54) is 31.4 Å². The lowest BCUT2D eigenvalue weighted by molar-refractivity contribution is -0.145. The molecule has 1 aromatic rings. The highest BCUT2D eigenvalue weighted by atomic mass is 32.2. The average molecular weight is 783 g/mol. The van der Waals surface area contributed by atoms with Gasteiger partial charge in [-0.2, -0.15) is 8.42 Å². The third-order valence-corrected chi connectivity index (χ3v) is 8.43. The van der Waals surface area contributed by atoms with Crippen LogP contribution >= 0.6 is 0 Å². The van der Waals surface area contributed by atoms with Gasteiger partial charge in [0.2, 0.25) is 0 Å². The molecule has 1 rings (SSSR count). The first-order valence-electron chi connectivity index (χ1n) is 18.8. The summed E-state index contributed by atoms with van der Waals surface area (Å²) in [6.07, 6.45) is 6.03. The van der Waals surface area contributed by atoms with Crippen molar-refractivity contribution < 1.29 is 69.5 Å². The minimum absolute atomic E-state index is 0.0633. The summed E-state index contributed by atoms with van der Waals surface area (Å²) in [4.78, 5) is 11.7. The number of hydrogen-bond acceptors (Lipinski definition) is 15. The van der Waals surface area contributed by atoms with Gasteiger partial charge in [0.25, 0.3) is 10.1 Å². The molecule has 16 heteroatoms. The number of rotatable bonds is 41. The zero-order chi connectivity index (χ0) is 38.3. The fourth-order valence-corrected chi connectivity index (χ4v) is 5.11. The molecule has 53 heavy (non-hydrogen) atoms. The lowest BCUT2D eigenvalue weighted by Gasteiger charge is -2.09. The predicted molar refractivity (Wildman–Crippen MR) is 197 cm³/mol. The van der Waals surface area contributed by atoms with E-state index in [-0.39, 0.29) is 30.7 Å². The monoisotopic (exact) mass is 782 g/mol. The van der Waals surface area contributed by atoms with Crippen LogP contribution in [0.1, 0.15) is 51.0 Å². The SMILES string of the molecule is CCCCCCCC(=O)OCCOCCOCCOCCOCCOCCOCCOCCOCCOCCOCCOS(=O)(=O)c1ccc(C)cc1. The molecule has 0 fully saturated rings. The third-order valence-electron chi connectivity index (χ3n) is 7.10. The summed E-state index contributed by atoms with van der Waals surface area (Å²) >= 11 is 0. The first-order valence-corrected chi connectivity index (χ1v) is 20.3. The Morgan fingerprint density at radius 2 is 0.774 bits per heavy atom. The zero-order valence-corrected chi connectivity index (χ0v) is 33.0. The van der Waals surface area contributed by atoms with Gasteiger partial charge >= 0.3 is 5.97 Å². The molecule has 0 aliphatic carbocycles. The van der Waals surface area contributed by atoms with Gasteiger partial charge in [-0.3, -0.25) is 8.98 Å². The Labute approximate surface area is 317 Å². The molecule has 1 aromatic carbocycles. The van der Waals surface area contributed by atoms with Gasteiger partial charge in [-0.15, -0.1) is 0 Å². The van der Waals surface area contributed by atoms with Crippen LogP contribution in [0.2, 0.25) is 0 Å². The van der Waals surface area contributed by atoms with Crippen LogP contribution in [0.15, 0.2) is 29.2 Å². The number of esters is 1. The summed E-state index contributed by atoms with van der Waals surface area (Å²) < 4.78 is 88.8. The molecule has 0 N–H and O–H groups in total. The van der Waals surface area contributed by atoms with E-state index in [2.05, 4.69) is 6.92 Å². The van der Waals surface area contributed by atoms with E-state index in [1.54, 1.807) is 12.1 Å². The standard InChI is InChI=1S/C37H66O15S/c1-3-4-5-6-7-8-37(38)51-33-31-49-29-27-47-25-23-45-21-19-43-17-15-41-13-14-42-16-18-44-20-22-46-24-26-48-28-30-50-32-34-52-53(39,40)36-11-9-35(2)10-12-36/h9-12H,3-8,13-34H2,1-2H3. The summed E-state index contributed by atoms with van der Waals surface area (Å²) in [6, 6.07) is 6.47. The molecule has 310 valence electrons. The van der Waals surface area contributed by atoms with E-state index in [4.69, 9.17) is 56.3 Å². The number of carbonyl (C=O) groups excluding carboxylic acids is 1. The quantitative estimate of drug-likeness (QED) is 0.0536. The van der Waals surface area contributed by atoms with E-state index in [9.17, 15) is 13.2 Å². The fourth-order valence-electron chi connectivity index (χ4n) is 4.22. The van der Waals surface area contributed by atoms with Gasteiger partial charge < -0.3 is 52.1 Å². The third kappa shape index (κ3) is 33.3. The van der Waals surface area contributed by atoms with Crippen LogP contribution in [-0.4, -0.2) is 160 Å². The van der Waals surface area contributed by atoms with Crippen molar-refractivity contribution in [2.45, 2.75) is 57.3 Å². The Bertz CT molecular complexity index is 1040. The highest BCUT2D eigenvalue weighted by Gasteiger charge is 2.14. The summed E-state index contributed by atoms with van der Waals surface area (Å²) in [7, 11) is -3.78. The molecule has 0 saturated carbocycles. The van der Waals surface area contributed by atoms with Crippen molar-refractivity contribution in [3.63, 3.8) is 0 Å². The molecule has 0 aliphatic rings. The molecule has 0 aliphatic heterocycles.